The minimum absolute atomic E-state index is 0.336. The molecule has 0 aliphatic carbocycles. The lowest BCUT2D eigenvalue weighted by Gasteiger charge is -2.31. The molecule has 0 bridgehead atoms. The van der Waals surface area contributed by atoms with Gasteiger partial charge >= 0.3 is 0 Å². The van der Waals surface area contributed by atoms with Crippen molar-refractivity contribution in [1.29, 1.82) is 0 Å². The predicted octanol–water partition coefficient (Wildman–Crippen LogP) is 3.82. The van der Waals surface area contributed by atoms with Gasteiger partial charge in [0.05, 0.1) is 4.34 Å². The second kappa shape index (κ2) is 7.15. The maximum atomic E-state index is 12.6. The van der Waals surface area contributed by atoms with Crippen molar-refractivity contribution in [3.8, 4) is 0 Å². The molecule has 5 nitrogen and oxygen atoms in total. The summed E-state index contributed by atoms with van der Waals surface area (Å²) in [4.78, 5) is 4.42. The van der Waals surface area contributed by atoms with Crippen LogP contribution in [-0.4, -0.2) is 35.4 Å². The Morgan fingerprint density at radius 3 is 2.62 bits per heavy atom. The van der Waals surface area contributed by atoms with E-state index in [2.05, 4.69) is 23.4 Å². The van der Waals surface area contributed by atoms with Crippen LogP contribution in [0.5, 0.6) is 0 Å². The van der Waals surface area contributed by atoms with Crippen molar-refractivity contribution in [2.24, 2.45) is 5.92 Å². The average molecular weight is 388 g/mol. The Hall–Kier alpha value is -0.890. The molecule has 24 heavy (non-hydrogen) atoms. The van der Waals surface area contributed by atoms with Gasteiger partial charge in [0.25, 0.3) is 10.0 Å². The number of aromatic nitrogens is 2. The minimum Gasteiger partial charge on any atom is -0.334 e. The van der Waals surface area contributed by atoms with E-state index in [1.54, 1.807) is 16.4 Å². The predicted molar refractivity (Wildman–Crippen MR) is 97.1 cm³/mol. The summed E-state index contributed by atoms with van der Waals surface area (Å²) in [5.74, 6) is 1.97. The van der Waals surface area contributed by atoms with Crippen LogP contribution in [0.3, 0.4) is 0 Å². The zero-order chi connectivity index (χ0) is 17.3. The quantitative estimate of drug-likeness (QED) is 0.783. The Morgan fingerprint density at radius 2 is 2.04 bits per heavy atom. The monoisotopic (exact) mass is 387 g/mol. The lowest BCUT2D eigenvalue weighted by molar-refractivity contribution is 0.251. The minimum atomic E-state index is -3.40. The molecule has 3 rings (SSSR count). The highest BCUT2D eigenvalue weighted by Crippen LogP contribution is 2.31. The van der Waals surface area contributed by atoms with Gasteiger partial charge in [0.1, 0.15) is 10.0 Å². The highest BCUT2D eigenvalue weighted by molar-refractivity contribution is 7.91. The van der Waals surface area contributed by atoms with E-state index in [0.717, 1.165) is 36.5 Å². The molecule has 1 saturated heterocycles. The highest BCUT2D eigenvalue weighted by atomic mass is 35.5. The number of thiophene rings is 1. The molecule has 0 spiro atoms. The summed E-state index contributed by atoms with van der Waals surface area (Å²) < 4.78 is 29.9. The van der Waals surface area contributed by atoms with Crippen LogP contribution in [0.2, 0.25) is 4.34 Å². The lowest BCUT2D eigenvalue weighted by atomic mass is 9.98. The third kappa shape index (κ3) is 3.69. The first-order valence-electron chi connectivity index (χ1n) is 8.14. The Labute approximate surface area is 152 Å². The van der Waals surface area contributed by atoms with Crippen LogP contribution in [-0.2, 0) is 16.6 Å². The number of halogens is 1. The van der Waals surface area contributed by atoms with Crippen molar-refractivity contribution >= 4 is 33.0 Å². The van der Waals surface area contributed by atoms with Crippen LogP contribution < -0.4 is 0 Å². The number of imidazole rings is 1. The zero-order valence-corrected chi connectivity index (χ0v) is 16.2. The van der Waals surface area contributed by atoms with Crippen LogP contribution in [0.4, 0.5) is 0 Å². The molecule has 0 aromatic carbocycles. The molecule has 0 unspecified atom stereocenters. The van der Waals surface area contributed by atoms with Gasteiger partial charge in [-0.2, -0.15) is 4.31 Å². The fourth-order valence-electron chi connectivity index (χ4n) is 3.15. The average Bonchev–Trinajstić information content (AvgIpc) is 3.17. The van der Waals surface area contributed by atoms with E-state index in [1.807, 2.05) is 12.4 Å². The summed E-state index contributed by atoms with van der Waals surface area (Å²) >= 11 is 7.00. The summed E-state index contributed by atoms with van der Waals surface area (Å²) in [5.41, 5.74) is 0. The van der Waals surface area contributed by atoms with Crippen LogP contribution in [0.1, 0.15) is 38.4 Å². The lowest BCUT2D eigenvalue weighted by Crippen LogP contribution is -2.39. The van der Waals surface area contributed by atoms with E-state index in [0.29, 0.717) is 33.5 Å². The number of hydrogen-bond donors (Lipinski definition) is 0. The van der Waals surface area contributed by atoms with E-state index in [1.165, 1.54) is 0 Å². The first kappa shape index (κ1) is 17.9. The molecule has 0 N–H and O–H groups in total. The fraction of sp³-hybridized carbons (Fsp3) is 0.562. The molecule has 0 radical (unpaired) electrons. The van der Waals surface area contributed by atoms with Crippen LogP contribution in [0, 0.1) is 5.92 Å². The molecular formula is C16H22ClN3O2S2. The van der Waals surface area contributed by atoms with Crippen LogP contribution in [0.25, 0.3) is 0 Å². The van der Waals surface area contributed by atoms with Gasteiger partial charge < -0.3 is 4.57 Å². The van der Waals surface area contributed by atoms with Gasteiger partial charge in [0.2, 0.25) is 0 Å². The maximum absolute atomic E-state index is 12.6. The summed E-state index contributed by atoms with van der Waals surface area (Å²) in [5, 5.41) is 0. The van der Waals surface area contributed by atoms with E-state index in [9.17, 15) is 8.42 Å². The summed E-state index contributed by atoms with van der Waals surface area (Å²) in [6.07, 6.45) is 5.60. The van der Waals surface area contributed by atoms with Crippen molar-refractivity contribution in [3.63, 3.8) is 0 Å². The molecule has 1 fully saturated rings. The van der Waals surface area contributed by atoms with Gasteiger partial charge in [-0.1, -0.05) is 25.4 Å². The number of piperidine rings is 1. The zero-order valence-electron chi connectivity index (χ0n) is 13.9. The van der Waals surface area contributed by atoms with Gasteiger partial charge in [0.15, 0.2) is 0 Å². The van der Waals surface area contributed by atoms with Crippen molar-refractivity contribution < 1.29 is 8.42 Å². The molecule has 1 aliphatic rings. The molecule has 1 aliphatic heterocycles. The Balaban J connectivity index is 1.62. The number of sulfonamides is 1. The van der Waals surface area contributed by atoms with Crippen molar-refractivity contribution in [3.05, 3.63) is 34.7 Å². The smallest absolute Gasteiger partial charge is 0.252 e. The fourth-order valence-corrected chi connectivity index (χ4v) is 6.26. The number of nitrogens with zero attached hydrogens (tertiary/aromatic N) is 3. The Bertz CT molecular complexity index is 790. The molecule has 0 atom stereocenters. The normalized spacial score (nSPS) is 17.7. The Morgan fingerprint density at radius 1 is 1.33 bits per heavy atom. The van der Waals surface area contributed by atoms with Gasteiger partial charge in [0, 0.05) is 37.9 Å². The molecule has 132 valence electrons. The topological polar surface area (TPSA) is 55.2 Å². The van der Waals surface area contributed by atoms with Crippen LogP contribution in [0.15, 0.2) is 28.7 Å². The molecule has 0 amide bonds. The third-order valence-electron chi connectivity index (χ3n) is 4.44. The first-order chi connectivity index (χ1) is 11.4. The largest absolute Gasteiger partial charge is 0.334 e. The molecule has 2 aromatic heterocycles. The highest BCUT2D eigenvalue weighted by Gasteiger charge is 2.30. The van der Waals surface area contributed by atoms with Crippen LogP contribution >= 0.6 is 22.9 Å². The van der Waals surface area contributed by atoms with Crippen molar-refractivity contribution in [1.82, 2.24) is 13.9 Å². The SMILES string of the molecule is CC(C)c1nccn1CC1CCN(S(=O)(=O)c2ccc(Cl)s2)CC1. The number of rotatable bonds is 5. The van der Waals surface area contributed by atoms with Gasteiger partial charge in [-0.3, -0.25) is 0 Å². The van der Waals surface area contributed by atoms with Gasteiger partial charge in [-0.25, -0.2) is 13.4 Å². The standard InChI is InChI=1S/C16H22ClN3O2S2/c1-12(2)16-18-7-10-19(16)11-13-5-8-20(9-6-13)24(21,22)15-4-3-14(17)23-15/h3-4,7,10,12-13H,5-6,8-9,11H2,1-2H3. The molecule has 0 saturated carbocycles. The summed E-state index contributed by atoms with van der Waals surface area (Å²) in [6.45, 7) is 6.31. The molecule has 8 heteroatoms. The molecule has 3 heterocycles. The van der Waals surface area contributed by atoms with E-state index in [-0.39, 0.29) is 0 Å². The molecular weight excluding hydrogens is 366 g/mol. The van der Waals surface area contributed by atoms with E-state index < -0.39 is 10.0 Å². The second-order valence-corrected chi connectivity index (χ2v) is 10.4. The van der Waals surface area contributed by atoms with Crippen molar-refractivity contribution in [2.45, 2.75) is 43.4 Å². The Kier molecular flexibility index (Phi) is 5.34. The van der Waals surface area contributed by atoms with E-state index in [4.69, 9.17) is 11.6 Å². The third-order valence-corrected chi connectivity index (χ3v) is 8.03. The molecule has 2 aromatic rings. The van der Waals surface area contributed by atoms with E-state index >= 15 is 0 Å². The van der Waals surface area contributed by atoms with Gasteiger partial charge in [-0.05, 0) is 30.9 Å². The van der Waals surface area contributed by atoms with Crippen molar-refractivity contribution in [2.75, 3.05) is 13.1 Å². The second-order valence-electron chi connectivity index (χ2n) is 6.50. The van der Waals surface area contributed by atoms with Gasteiger partial charge in [-0.15, -0.1) is 11.3 Å². The summed E-state index contributed by atoms with van der Waals surface area (Å²) in [6, 6.07) is 3.23. The maximum Gasteiger partial charge on any atom is 0.252 e. The summed E-state index contributed by atoms with van der Waals surface area (Å²) in [7, 11) is -3.40. The first-order valence-corrected chi connectivity index (χ1v) is 10.8. The number of hydrogen-bond acceptors (Lipinski definition) is 4.